The smallest absolute Gasteiger partial charge is 0.376 e. The number of benzene rings is 1. The molecular formula is C19H15F4N7O. The zero-order valence-electron chi connectivity index (χ0n) is 16.0. The van der Waals surface area contributed by atoms with Gasteiger partial charge in [-0.2, -0.15) is 18.3 Å². The Labute approximate surface area is 172 Å². The molecule has 1 aromatic carbocycles. The van der Waals surface area contributed by atoms with E-state index in [1.165, 1.54) is 18.3 Å². The average molecular weight is 433 g/mol. The van der Waals surface area contributed by atoms with Crippen molar-refractivity contribution in [1.82, 2.24) is 24.1 Å². The summed E-state index contributed by atoms with van der Waals surface area (Å²) in [6, 6.07) is 5.06. The lowest BCUT2D eigenvalue weighted by Crippen LogP contribution is -2.22. The maximum atomic E-state index is 14.7. The Bertz CT molecular complexity index is 1260. The molecule has 4 rings (SSSR count). The second-order valence-electron chi connectivity index (χ2n) is 6.58. The van der Waals surface area contributed by atoms with Crippen molar-refractivity contribution in [3.05, 3.63) is 60.6 Å². The lowest BCUT2D eigenvalue weighted by Gasteiger charge is -2.09. The normalized spacial score (nSPS) is 11.6. The minimum absolute atomic E-state index is 0.231. The number of carbonyl (C=O) groups is 1. The van der Waals surface area contributed by atoms with Crippen molar-refractivity contribution in [1.29, 1.82) is 0 Å². The van der Waals surface area contributed by atoms with Gasteiger partial charge in [0.25, 0.3) is 0 Å². The van der Waals surface area contributed by atoms with E-state index in [1.54, 1.807) is 29.1 Å². The molecule has 0 spiro atoms. The fourth-order valence-electron chi connectivity index (χ4n) is 3.04. The molecule has 0 saturated carbocycles. The molecule has 3 aromatic heterocycles. The van der Waals surface area contributed by atoms with Gasteiger partial charge in [-0.25, -0.2) is 9.37 Å². The quantitative estimate of drug-likeness (QED) is 0.472. The lowest BCUT2D eigenvalue weighted by molar-refractivity contribution is -0.143. The van der Waals surface area contributed by atoms with Gasteiger partial charge >= 0.3 is 6.18 Å². The number of imidazole rings is 1. The molecule has 0 aliphatic carbocycles. The number of rotatable bonds is 5. The van der Waals surface area contributed by atoms with E-state index in [-0.39, 0.29) is 12.4 Å². The van der Waals surface area contributed by atoms with Crippen LogP contribution in [0.2, 0.25) is 0 Å². The molecule has 0 saturated heterocycles. The third-order valence-electron chi connectivity index (χ3n) is 4.45. The van der Waals surface area contributed by atoms with Crippen molar-refractivity contribution in [2.45, 2.75) is 6.18 Å². The summed E-state index contributed by atoms with van der Waals surface area (Å²) in [5.41, 5.74) is 0.746. The third kappa shape index (κ3) is 4.17. The molecule has 3 heterocycles. The van der Waals surface area contributed by atoms with Gasteiger partial charge in [0.05, 0.1) is 24.6 Å². The Morgan fingerprint density at radius 1 is 1.19 bits per heavy atom. The van der Waals surface area contributed by atoms with Gasteiger partial charge in [0.15, 0.2) is 11.5 Å². The number of nitrogens with one attached hydrogen (secondary N) is 2. The van der Waals surface area contributed by atoms with Crippen molar-refractivity contribution in [3.8, 4) is 11.3 Å². The standard InChI is InChI=1S/C19H15F4N7O/c1-29-15(19(21,22)23)7-16(28-29)27-18(31)10-25-11-2-3-12(13(20)6-11)14-8-26-17-9-24-4-5-30(14)17/h2-9,25H,10H2,1H3,(H,27,28,31). The Hall–Kier alpha value is -3.96. The van der Waals surface area contributed by atoms with Crippen LogP contribution in [-0.2, 0) is 18.0 Å². The number of nitrogens with zero attached hydrogens (tertiary/aromatic N) is 5. The number of aromatic nitrogens is 5. The number of hydrogen-bond donors (Lipinski definition) is 2. The van der Waals surface area contributed by atoms with E-state index in [4.69, 9.17) is 0 Å². The molecule has 4 aromatic rings. The number of hydrogen-bond acceptors (Lipinski definition) is 5. The average Bonchev–Trinajstić information content (AvgIpc) is 3.30. The fourth-order valence-corrected chi connectivity index (χ4v) is 3.04. The van der Waals surface area contributed by atoms with Crippen molar-refractivity contribution in [3.63, 3.8) is 0 Å². The third-order valence-corrected chi connectivity index (χ3v) is 4.45. The number of alkyl halides is 3. The molecule has 2 N–H and O–H groups in total. The molecular weight excluding hydrogens is 418 g/mol. The van der Waals surface area contributed by atoms with Crippen LogP contribution in [-0.4, -0.2) is 36.6 Å². The summed E-state index contributed by atoms with van der Waals surface area (Å²) in [6.45, 7) is -0.294. The van der Waals surface area contributed by atoms with Crippen LogP contribution in [0.15, 0.2) is 49.1 Å². The Kier molecular flexibility index (Phi) is 5.05. The molecule has 12 heteroatoms. The molecule has 0 aliphatic heterocycles. The molecule has 0 aliphatic rings. The minimum atomic E-state index is -4.58. The van der Waals surface area contributed by atoms with E-state index in [0.29, 0.717) is 27.3 Å². The molecule has 0 unspecified atom stereocenters. The number of aryl methyl sites for hydroxylation is 1. The molecule has 31 heavy (non-hydrogen) atoms. The number of anilines is 2. The van der Waals surface area contributed by atoms with Gasteiger partial charge in [0.2, 0.25) is 5.91 Å². The van der Waals surface area contributed by atoms with Gasteiger partial charge in [0.1, 0.15) is 11.5 Å². The van der Waals surface area contributed by atoms with Gasteiger partial charge in [-0.05, 0) is 18.2 Å². The number of amides is 1. The molecule has 0 fully saturated rings. The van der Waals surface area contributed by atoms with Gasteiger partial charge < -0.3 is 10.6 Å². The predicted molar refractivity (Wildman–Crippen MR) is 104 cm³/mol. The lowest BCUT2D eigenvalue weighted by atomic mass is 10.1. The van der Waals surface area contributed by atoms with Crippen LogP contribution < -0.4 is 10.6 Å². The summed E-state index contributed by atoms with van der Waals surface area (Å²) >= 11 is 0. The summed E-state index contributed by atoms with van der Waals surface area (Å²) < 4.78 is 55.4. The molecule has 160 valence electrons. The van der Waals surface area contributed by atoms with E-state index >= 15 is 0 Å². The topological polar surface area (TPSA) is 89.1 Å². The first-order valence-electron chi connectivity index (χ1n) is 8.94. The Morgan fingerprint density at radius 3 is 2.71 bits per heavy atom. The van der Waals surface area contributed by atoms with Crippen LogP contribution in [0.5, 0.6) is 0 Å². The van der Waals surface area contributed by atoms with Crippen molar-refractivity contribution in [2.75, 3.05) is 17.2 Å². The molecule has 0 bridgehead atoms. The molecule has 1 amide bonds. The Balaban J connectivity index is 1.42. The van der Waals surface area contributed by atoms with E-state index in [1.807, 2.05) is 0 Å². The van der Waals surface area contributed by atoms with Crippen molar-refractivity contribution in [2.24, 2.45) is 7.05 Å². The SMILES string of the molecule is Cn1nc(NC(=O)CNc2ccc(-c3cnc4cnccn34)c(F)c2)cc1C(F)(F)F. The van der Waals surface area contributed by atoms with Crippen LogP contribution in [0.1, 0.15) is 5.69 Å². The number of carbonyl (C=O) groups excluding carboxylic acids is 1. The largest absolute Gasteiger partial charge is 0.433 e. The second kappa shape index (κ2) is 7.70. The maximum absolute atomic E-state index is 14.7. The highest BCUT2D eigenvalue weighted by molar-refractivity contribution is 5.93. The first-order valence-corrected chi connectivity index (χ1v) is 8.94. The highest BCUT2D eigenvalue weighted by Crippen LogP contribution is 2.30. The Morgan fingerprint density at radius 2 is 2.00 bits per heavy atom. The van der Waals surface area contributed by atoms with Crippen LogP contribution in [0.3, 0.4) is 0 Å². The van der Waals surface area contributed by atoms with Crippen molar-refractivity contribution >= 4 is 23.1 Å². The van der Waals surface area contributed by atoms with E-state index in [9.17, 15) is 22.4 Å². The maximum Gasteiger partial charge on any atom is 0.433 e. The van der Waals surface area contributed by atoms with E-state index in [0.717, 1.165) is 13.1 Å². The van der Waals surface area contributed by atoms with E-state index in [2.05, 4.69) is 25.7 Å². The second-order valence-corrected chi connectivity index (χ2v) is 6.58. The summed E-state index contributed by atoms with van der Waals surface area (Å²) in [6.07, 6.45) is 1.71. The first kappa shape index (κ1) is 20.3. The predicted octanol–water partition coefficient (Wildman–Crippen LogP) is 3.34. The van der Waals surface area contributed by atoms with Gasteiger partial charge in [0, 0.05) is 36.8 Å². The van der Waals surface area contributed by atoms with Gasteiger partial charge in [-0.1, -0.05) is 0 Å². The summed E-state index contributed by atoms with van der Waals surface area (Å²) in [5.74, 6) is -1.40. The highest BCUT2D eigenvalue weighted by atomic mass is 19.4. The monoisotopic (exact) mass is 433 g/mol. The summed E-state index contributed by atoms with van der Waals surface area (Å²) in [7, 11) is 1.13. The zero-order chi connectivity index (χ0) is 22.2. The molecule has 8 nitrogen and oxygen atoms in total. The fraction of sp³-hybridized carbons (Fsp3) is 0.158. The van der Waals surface area contributed by atoms with Crippen LogP contribution in [0.25, 0.3) is 16.9 Å². The van der Waals surface area contributed by atoms with Gasteiger partial charge in [-0.3, -0.25) is 18.9 Å². The van der Waals surface area contributed by atoms with Crippen molar-refractivity contribution < 1.29 is 22.4 Å². The van der Waals surface area contributed by atoms with E-state index < -0.39 is 23.6 Å². The van der Waals surface area contributed by atoms with Crippen LogP contribution in [0.4, 0.5) is 29.1 Å². The van der Waals surface area contributed by atoms with Gasteiger partial charge in [-0.15, -0.1) is 0 Å². The van der Waals surface area contributed by atoms with Crippen LogP contribution in [0, 0.1) is 5.82 Å². The minimum Gasteiger partial charge on any atom is -0.376 e. The summed E-state index contributed by atoms with van der Waals surface area (Å²) in [5, 5.41) is 8.61. The molecule has 0 radical (unpaired) electrons. The first-order chi connectivity index (χ1) is 14.7. The number of fused-ring (bicyclic) bond motifs is 1. The zero-order valence-corrected chi connectivity index (χ0v) is 16.0. The highest BCUT2D eigenvalue weighted by Gasteiger charge is 2.35. The van der Waals surface area contributed by atoms with Crippen LogP contribution >= 0.6 is 0 Å². The number of halogens is 4. The summed E-state index contributed by atoms with van der Waals surface area (Å²) in [4.78, 5) is 20.2. The molecule has 0 atom stereocenters.